The van der Waals surface area contributed by atoms with Gasteiger partial charge in [0.25, 0.3) is 0 Å². The van der Waals surface area contributed by atoms with E-state index in [9.17, 15) is 34.8 Å². The van der Waals surface area contributed by atoms with E-state index in [2.05, 4.69) is 0 Å². The summed E-state index contributed by atoms with van der Waals surface area (Å²) in [6.45, 7) is 7.34. The SMILES string of the molecule is CC(=O)O[C@@]12CO[C@@H]1[C@H](O)C[C@@]1(C)C(=O)[C@H](O)C3=C(C)[C@@H](O)C[C@@](O)([C@@H](OC(=O)c4ccccc4)[C@H]21)C3(C)C. The van der Waals surface area contributed by atoms with Crippen molar-refractivity contribution in [3.63, 3.8) is 0 Å². The van der Waals surface area contributed by atoms with E-state index < -0.39 is 76.2 Å². The molecule has 1 saturated heterocycles. The van der Waals surface area contributed by atoms with Gasteiger partial charge in [-0.05, 0) is 36.6 Å². The molecule has 0 radical (unpaired) electrons. The molecule has 10 nitrogen and oxygen atoms in total. The van der Waals surface area contributed by atoms with Gasteiger partial charge in [-0.15, -0.1) is 0 Å². The lowest BCUT2D eigenvalue weighted by atomic mass is 9.45. The van der Waals surface area contributed by atoms with Crippen LogP contribution in [0.1, 0.15) is 57.8 Å². The van der Waals surface area contributed by atoms with Gasteiger partial charge in [0.1, 0.15) is 23.9 Å². The van der Waals surface area contributed by atoms with Crippen LogP contribution in [-0.4, -0.2) is 86.5 Å². The van der Waals surface area contributed by atoms with E-state index in [1.165, 1.54) is 13.8 Å². The summed E-state index contributed by atoms with van der Waals surface area (Å²) in [5.74, 6) is -3.43. The first kappa shape index (κ1) is 27.9. The highest BCUT2D eigenvalue weighted by Crippen LogP contribution is 2.63. The Balaban J connectivity index is 1.80. The van der Waals surface area contributed by atoms with E-state index in [1.807, 2.05) is 0 Å². The molecule has 10 heteroatoms. The fourth-order valence-corrected chi connectivity index (χ4v) is 7.80. The van der Waals surface area contributed by atoms with Crippen molar-refractivity contribution in [1.82, 2.24) is 0 Å². The first-order valence-corrected chi connectivity index (χ1v) is 13.2. The Kier molecular flexibility index (Phi) is 6.40. The van der Waals surface area contributed by atoms with Gasteiger partial charge in [-0.25, -0.2) is 4.79 Å². The molecule has 4 aliphatic rings. The van der Waals surface area contributed by atoms with Crippen LogP contribution in [0.5, 0.6) is 0 Å². The van der Waals surface area contributed by atoms with E-state index in [1.54, 1.807) is 51.1 Å². The monoisotopic (exact) mass is 544 g/mol. The summed E-state index contributed by atoms with van der Waals surface area (Å²) in [5, 5.41) is 46.4. The summed E-state index contributed by atoms with van der Waals surface area (Å²) >= 11 is 0. The molecule has 0 amide bonds. The Labute approximate surface area is 226 Å². The number of aliphatic hydroxyl groups is 4. The number of ketones is 1. The van der Waals surface area contributed by atoms with Crippen LogP contribution in [0.4, 0.5) is 0 Å². The minimum atomic E-state index is -2.03. The van der Waals surface area contributed by atoms with Crippen molar-refractivity contribution in [2.45, 2.75) is 89.2 Å². The van der Waals surface area contributed by atoms with E-state index in [0.717, 1.165) is 0 Å². The van der Waals surface area contributed by atoms with Crippen molar-refractivity contribution in [2.24, 2.45) is 16.7 Å². The van der Waals surface area contributed by atoms with Gasteiger partial charge in [-0.3, -0.25) is 9.59 Å². The van der Waals surface area contributed by atoms with Crippen molar-refractivity contribution in [3.8, 4) is 0 Å². The predicted octanol–water partition coefficient (Wildman–Crippen LogP) is 1.08. The van der Waals surface area contributed by atoms with Crippen LogP contribution in [0.3, 0.4) is 0 Å². The summed E-state index contributed by atoms with van der Waals surface area (Å²) in [6.07, 6.45) is -7.29. The van der Waals surface area contributed by atoms with Crippen LogP contribution in [0.25, 0.3) is 0 Å². The number of benzene rings is 1. The van der Waals surface area contributed by atoms with Crippen molar-refractivity contribution >= 4 is 17.7 Å². The first-order chi connectivity index (χ1) is 18.1. The van der Waals surface area contributed by atoms with Crippen LogP contribution in [0.15, 0.2) is 41.5 Å². The number of carbonyl (C=O) groups excluding carboxylic acids is 3. The predicted molar refractivity (Wildman–Crippen MR) is 135 cm³/mol. The summed E-state index contributed by atoms with van der Waals surface area (Å²) in [4.78, 5) is 40.3. The first-order valence-electron chi connectivity index (χ1n) is 13.2. The van der Waals surface area contributed by atoms with Gasteiger partial charge in [0.05, 0.1) is 30.3 Å². The molecule has 2 saturated carbocycles. The maximum absolute atomic E-state index is 14.3. The number of carbonyl (C=O) groups is 3. The maximum Gasteiger partial charge on any atom is 0.338 e. The lowest BCUT2D eigenvalue weighted by Crippen LogP contribution is -2.82. The van der Waals surface area contributed by atoms with Crippen LogP contribution >= 0.6 is 0 Å². The minimum absolute atomic E-state index is 0.136. The van der Waals surface area contributed by atoms with Gasteiger partial charge < -0.3 is 34.6 Å². The molecule has 3 aliphatic carbocycles. The molecular formula is C29H36O10. The van der Waals surface area contributed by atoms with E-state index in [0.29, 0.717) is 5.57 Å². The highest BCUT2D eigenvalue weighted by Gasteiger charge is 2.77. The van der Waals surface area contributed by atoms with Crippen molar-refractivity contribution in [1.29, 1.82) is 0 Å². The molecule has 39 heavy (non-hydrogen) atoms. The summed E-state index contributed by atoms with van der Waals surface area (Å²) < 4.78 is 17.7. The van der Waals surface area contributed by atoms with Crippen molar-refractivity contribution < 1.29 is 49.0 Å². The number of rotatable bonds is 3. The van der Waals surface area contributed by atoms with Gasteiger partial charge >= 0.3 is 11.9 Å². The van der Waals surface area contributed by atoms with Crippen molar-refractivity contribution in [2.75, 3.05) is 6.61 Å². The second kappa shape index (κ2) is 8.94. The molecule has 4 N–H and O–H groups in total. The Morgan fingerprint density at radius 1 is 1.05 bits per heavy atom. The lowest BCUT2D eigenvalue weighted by molar-refractivity contribution is -0.351. The number of hydrogen-bond donors (Lipinski definition) is 4. The molecule has 0 spiro atoms. The lowest BCUT2D eigenvalue weighted by Gasteiger charge is -2.67. The molecule has 1 aromatic rings. The second-order valence-corrected chi connectivity index (χ2v) is 12.3. The molecule has 2 bridgehead atoms. The minimum Gasteiger partial charge on any atom is -0.455 e. The molecular weight excluding hydrogens is 508 g/mol. The number of ether oxygens (including phenoxy) is 3. The van der Waals surface area contributed by atoms with Crippen LogP contribution in [-0.2, 0) is 23.8 Å². The zero-order valence-corrected chi connectivity index (χ0v) is 22.7. The largest absolute Gasteiger partial charge is 0.455 e. The smallest absolute Gasteiger partial charge is 0.338 e. The van der Waals surface area contributed by atoms with Crippen LogP contribution < -0.4 is 0 Å². The van der Waals surface area contributed by atoms with Gasteiger partial charge in [0, 0.05) is 24.2 Å². The molecule has 212 valence electrons. The average molecular weight is 545 g/mol. The third-order valence-electron chi connectivity index (χ3n) is 9.79. The number of hydrogen-bond acceptors (Lipinski definition) is 10. The highest BCUT2D eigenvalue weighted by molar-refractivity contribution is 5.93. The van der Waals surface area contributed by atoms with Crippen molar-refractivity contribution in [3.05, 3.63) is 47.0 Å². The average Bonchev–Trinajstić information content (AvgIpc) is 2.84. The maximum atomic E-state index is 14.3. The van der Waals surface area contributed by atoms with Crippen LogP contribution in [0.2, 0.25) is 0 Å². The number of Topliss-reactive ketones (excluding diaryl/α,β-unsaturated/α-hetero) is 1. The Bertz CT molecular complexity index is 1240. The molecule has 1 heterocycles. The van der Waals surface area contributed by atoms with E-state index in [-0.39, 0.29) is 30.6 Å². The van der Waals surface area contributed by atoms with E-state index in [4.69, 9.17) is 14.2 Å². The highest BCUT2D eigenvalue weighted by atomic mass is 16.6. The summed E-state index contributed by atoms with van der Waals surface area (Å²) in [5.41, 5.74) is -6.02. The van der Waals surface area contributed by atoms with Crippen LogP contribution in [0, 0.1) is 16.7 Å². The Morgan fingerprint density at radius 2 is 1.69 bits per heavy atom. The molecule has 9 atom stereocenters. The van der Waals surface area contributed by atoms with Gasteiger partial charge in [-0.2, -0.15) is 0 Å². The van der Waals surface area contributed by atoms with Gasteiger partial charge in [0.15, 0.2) is 11.4 Å². The number of fused-ring (bicyclic) bond motifs is 5. The molecule has 1 aliphatic heterocycles. The van der Waals surface area contributed by atoms with E-state index >= 15 is 0 Å². The molecule has 0 unspecified atom stereocenters. The fraction of sp³-hybridized carbons (Fsp3) is 0.621. The fourth-order valence-electron chi connectivity index (χ4n) is 7.80. The third kappa shape index (κ3) is 3.69. The summed E-state index contributed by atoms with van der Waals surface area (Å²) in [7, 11) is 0. The standard InChI is InChI=1S/C29H36O10/c1-14-17(31)12-29(36)24(38-25(35)16-9-7-6-8-10-16)21-27(5,22(34)20(33)19(14)26(29,3)4)11-18(32)23-28(21,13-37-23)39-15(2)30/h6-10,17-18,20-21,23-24,31-33,36H,11-13H2,1-5H3/t17-,18+,20+,21-,23+,24-,27+,28+,29+/m0/s1. The quantitative estimate of drug-likeness (QED) is 0.320. The van der Waals surface area contributed by atoms with Gasteiger partial charge in [0.2, 0.25) is 0 Å². The number of esters is 2. The Morgan fingerprint density at radius 3 is 2.26 bits per heavy atom. The second-order valence-electron chi connectivity index (χ2n) is 12.3. The van der Waals surface area contributed by atoms with Gasteiger partial charge in [-0.1, -0.05) is 39.0 Å². The zero-order valence-electron chi connectivity index (χ0n) is 22.7. The normalized spacial score (nSPS) is 42.7. The third-order valence-corrected chi connectivity index (χ3v) is 9.79. The topological polar surface area (TPSA) is 160 Å². The zero-order chi connectivity index (χ0) is 28.7. The number of aliphatic hydroxyl groups excluding tert-OH is 3. The summed E-state index contributed by atoms with van der Waals surface area (Å²) in [6, 6.07) is 8.12. The molecule has 5 rings (SSSR count). The molecule has 1 aromatic carbocycles. The molecule has 0 aromatic heterocycles. The Hall–Kier alpha value is -2.63. The molecule has 3 fully saturated rings.